The summed E-state index contributed by atoms with van der Waals surface area (Å²) in [4.78, 5) is 11.9. The highest BCUT2D eigenvalue weighted by Gasteiger charge is 2.21. The standard InChI is InChI=1S/C14H17ClO5S/c1-19-13-6-5-11(21(15,17)18)9-12(13)14(16)20-8-7-10-3-2-4-10/h5-6,9-10H,2-4,7-8H2,1H3. The molecule has 0 aromatic heterocycles. The number of halogens is 1. The first-order valence-corrected chi connectivity index (χ1v) is 9.02. The lowest BCUT2D eigenvalue weighted by atomic mass is 9.83. The summed E-state index contributed by atoms with van der Waals surface area (Å²) >= 11 is 0. The Morgan fingerprint density at radius 1 is 1.38 bits per heavy atom. The Hall–Kier alpha value is -1.27. The molecular formula is C14H17ClO5S. The molecule has 0 saturated heterocycles. The van der Waals surface area contributed by atoms with Gasteiger partial charge in [-0.3, -0.25) is 0 Å². The first-order valence-electron chi connectivity index (χ1n) is 6.71. The van der Waals surface area contributed by atoms with E-state index in [1.54, 1.807) is 0 Å². The topological polar surface area (TPSA) is 69.7 Å². The summed E-state index contributed by atoms with van der Waals surface area (Å²) in [6, 6.07) is 3.84. The van der Waals surface area contributed by atoms with E-state index in [4.69, 9.17) is 20.2 Å². The summed E-state index contributed by atoms with van der Waals surface area (Å²) in [6.07, 6.45) is 4.44. The summed E-state index contributed by atoms with van der Waals surface area (Å²) in [7, 11) is 2.78. The summed E-state index contributed by atoms with van der Waals surface area (Å²) in [5.41, 5.74) is 0.0628. The number of hydrogen-bond acceptors (Lipinski definition) is 5. The summed E-state index contributed by atoms with van der Waals surface area (Å²) < 4.78 is 32.9. The lowest BCUT2D eigenvalue weighted by molar-refractivity contribution is 0.0460. The van der Waals surface area contributed by atoms with E-state index in [9.17, 15) is 13.2 Å². The Labute approximate surface area is 128 Å². The first kappa shape index (κ1) is 16.1. The van der Waals surface area contributed by atoms with E-state index in [-0.39, 0.29) is 16.2 Å². The number of ether oxygens (including phenoxy) is 2. The second-order valence-electron chi connectivity index (χ2n) is 5.02. The second-order valence-corrected chi connectivity index (χ2v) is 7.59. The van der Waals surface area contributed by atoms with Crippen molar-refractivity contribution >= 4 is 25.7 Å². The Morgan fingerprint density at radius 3 is 2.62 bits per heavy atom. The Kier molecular flexibility index (Phi) is 5.11. The van der Waals surface area contributed by atoms with E-state index in [0.717, 1.165) is 6.42 Å². The third-order valence-corrected chi connectivity index (χ3v) is 5.01. The minimum atomic E-state index is -3.90. The minimum absolute atomic E-state index is 0.0628. The van der Waals surface area contributed by atoms with Gasteiger partial charge in [-0.05, 0) is 30.5 Å². The van der Waals surface area contributed by atoms with E-state index in [1.165, 1.54) is 44.6 Å². The third-order valence-electron chi connectivity index (χ3n) is 3.66. The van der Waals surface area contributed by atoms with E-state index < -0.39 is 15.0 Å². The molecule has 1 aromatic rings. The molecule has 1 aromatic carbocycles. The van der Waals surface area contributed by atoms with E-state index in [2.05, 4.69) is 0 Å². The van der Waals surface area contributed by atoms with Crippen LogP contribution >= 0.6 is 10.7 Å². The molecule has 0 spiro atoms. The maximum Gasteiger partial charge on any atom is 0.341 e. The molecule has 0 amide bonds. The first-order chi connectivity index (χ1) is 9.91. The SMILES string of the molecule is COc1ccc(S(=O)(=O)Cl)cc1C(=O)OCCC1CCC1. The zero-order valence-electron chi connectivity index (χ0n) is 11.7. The Balaban J connectivity index is 2.09. The number of esters is 1. The van der Waals surface area contributed by atoms with Crippen LogP contribution in [0.1, 0.15) is 36.0 Å². The smallest absolute Gasteiger partial charge is 0.341 e. The molecule has 0 atom stereocenters. The average molecular weight is 333 g/mol. The molecular weight excluding hydrogens is 316 g/mol. The maximum absolute atomic E-state index is 12.1. The van der Waals surface area contributed by atoms with Crippen molar-refractivity contribution in [1.29, 1.82) is 0 Å². The van der Waals surface area contributed by atoms with Gasteiger partial charge in [0.25, 0.3) is 9.05 Å². The molecule has 1 aliphatic carbocycles. The van der Waals surface area contributed by atoms with E-state index in [0.29, 0.717) is 12.5 Å². The van der Waals surface area contributed by atoms with Crippen molar-refractivity contribution in [3.63, 3.8) is 0 Å². The van der Waals surface area contributed by atoms with Crippen LogP contribution in [0.2, 0.25) is 0 Å². The lowest BCUT2D eigenvalue weighted by Gasteiger charge is -2.24. The molecule has 7 heteroatoms. The fraction of sp³-hybridized carbons (Fsp3) is 0.500. The van der Waals surface area contributed by atoms with Gasteiger partial charge in [0, 0.05) is 10.7 Å². The second kappa shape index (κ2) is 6.66. The number of carbonyl (C=O) groups excluding carboxylic acids is 1. The largest absolute Gasteiger partial charge is 0.496 e. The molecule has 5 nitrogen and oxygen atoms in total. The van der Waals surface area contributed by atoms with Crippen molar-refractivity contribution in [1.82, 2.24) is 0 Å². The van der Waals surface area contributed by atoms with Gasteiger partial charge in [-0.25, -0.2) is 13.2 Å². The highest BCUT2D eigenvalue weighted by atomic mass is 35.7. The van der Waals surface area contributed by atoms with Crippen LogP contribution in [-0.4, -0.2) is 28.1 Å². The summed E-state index contributed by atoms with van der Waals surface area (Å²) in [5.74, 6) is 0.287. The Morgan fingerprint density at radius 2 is 2.10 bits per heavy atom. The van der Waals surface area contributed by atoms with Gasteiger partial charge in [0.05, 0.1) is 18.6 Å². The van der Waals surface area contributed by atoms with Crippen LogP contribution < -0.4 is 4.74 Å². The molecule has 0 bridgehead atoms. The highest BCUT2D eigenvalue weighted by Crippen LogP contribution is 2.29. The molecule has 1 saturated carbocycles. The van der Waals surface area contributed by atoms with Gasteiger partial charge >= 0.3 is 5.97 Å². The maximum atomic E-state index is 12.1. The third kappa shape index (κ3) is 4.11. The molecule has 2 rings (SSSR count). The number of rotatable bonds is 6. The van der Waals surface area contributed by atoms with Gasteiger partial charge in [-0.15, -0.1) is 0 Å². The van der Waals surface area contributed by atoms with E-state index >= 15 is 0 Å². The van der Waals surface area contributed by atoms with Crippen molar-refractivity contribution in [3.8, 4) is 5.75 Å². The van der Waals surface area contributed by atoms with Crippen LogP contribution in [0.15, 0.2) is 23.1 Å². The van der Waals surface area contributed by atoms with Gasteiger partial charge in [-0.1, -0.05) is 19.3 Å². The predicted octanol–water partition coefficient (Wildman–Crippen LogP) is 2.97. The van der Waals surface area contributed by atoms with Gasteiger partial charge in [0.1, 0.15) is 11.3 Å². The number of benzene rings is 1. The average Bonchev–Trinajstić information content (AvgIpc) is 2.39. The molecule has 21 heavy (non-hydrogen) atoms. The fourth-order valence-electron chi connectivity index (χ4n) is 2.18. The van der Waals surface area contributed by atoms with Crippen LogP contribution in [-0.2, 0) is 13.8 Å². The van der Waals surface area contributed by atoms with Gasteiger partial charge in [-0.2, -0.15) is 0 Å². The van der Waals surface area contributed by atoms with Gasteiger partial charge in [0.2, 0.25) is 0 Å². The van der Waals surface area contributed by atoms with Crippen LogP contribution in [0.3, 0.4) is 0 Å². The number of carbonyl (C=O) groups is 1. The normalized spacial score (nSPS) is 15.3. The minimum Gasteiger partial charge on any atom is -0.496 e. The van der Waals surface area contributed by atoms with Crippen LogP contribution in [0.5, 0.6) is 5.75 Å². The van der Waals surface area contributed by atoms with E-state index in [1.807, 2.05) is 0 Å². The monoisotopic (exact) mass is 332 g/mol. The molecule has 1 fully saturated rings. The molecule has 0 heterocycles. The van der Waals surface area contributed by atoms with Crippen molar-refractivity contribution in [3.05, 3.63) is 23.8 Å². The molecule has 0 N–H and O–H groups in total. The van der Waals surface area contributed by atoms with Crippen LogP contribution in [0.25, 0.3) is 0 Å². The van der Waals surface area contributed by atoms with Gasteiger partial charge in [0.15, 0.2) is 0 Å². The molecule has 0 aliphatic heterocycles. The molecule has 0 radical (unpaired) electrons. The highest BCUT2D eigenvalue weighted by molar-refractivity contribution is 8.13. The molecule has 0 unspecified atom stereocenters. The van der Waals surface area contributed by atoms with Gasteiger partial charge < -0.3 is 9.47 Å². The lowest BCUT2D eigenvalue weighted by Crippen LogP contribution is -2.16. The zero-order chi connectivity index (χ0) is 15.5. The van der Waals surface area contributed by atoms with Crippen molar-refractivity contribution in [2.75, 3.05) is 13.7 Å². The van der Waals surface area contributed by atoms with Crippen molar-refractivity contribution in [2.45, 2.75) is 30.6 Å². The van der Waals surface area contributed by atoms with Crippen LogP contribution in [0, 0.1) is 5.92 Å². The molecule has 1 aliphatic rings. The molecule has 116 valence electrons. The number of methoxy groups -OCH3 is 1. The Bertz CT molecular complexity index is 622. The van der Waals surface area contributed by atoms with Crippen LogP contribution in [0.4, 0.5) is 0 Å². The fourth-order valence-corrected chi connectivity index (χ4v) is 2.95. The quantitative estimate of drug-likeness (QED) is 0.591. The summed E-state index contributed by atoms with van der Waals surface area (Å²) in [5, 5.41) is 0. The van der Waals surface area contributed by atoms with Crippen molar-refractivity contribution in [2.24, 2.45) is 5.92 Å². The zero-order valence-corrected chi connectivity index (χ0v) is 13.2. The predicted molar refractivity (Wildman–Crippen MR) is 78.3 cm³/mol. The number of hydrogen-bond donors (Lipinski definition) is 0. The summed E-state index contributed by atoms with van der Waals surface area (Å²) in [6.45, 7) is 0.324. The van der Waals surface area contributed by atoms with Crippen molar-refractivity contribution < 1.29 is 22.7 Å².